The monoisotopic (exact) mass is 376 g/mol. The van der Waals surface area contributed by atoms with Gasteiger partial charge in [0.15, 0.2) is 17.5 Å². The second kappa shape index (κ2) is 7.83. The third-order valence-corrected chi connectivity index (χ3v) is 4.63. The molecular formula is C18H22F2N6O. The number of carbonyl (C=O) groups excluding carboxylic acids is 1. The molecule has 0 spiro atoms. The summed E-state index contributed by atoms with van der Waals surface area (Å²) in [6.45, 7) is 1.69. The maximum atomic E-state index is 14.5. The van der Waals surface area contributed by atoms with Crippen LogP contribution in [0.1, 0.15) is 41.7 Å². The van der Waals surface area contributed by atoms with Crippen molar-refractivity contribution in [2.45, 2.75) is 44.7 Å². The fourth-order valence-electron chi connectivity index (χ4n) is 3.15. The summed E-state index contributed by atoms with van der Waals surface area (Å²) in [6, 6.07) is 2.19. The highest BCUT2D eigenvalue weighted by molar-refractivity contribution is 5.98. The minimum atomic E-state index is -0.879. The highest BCUT2D eigenvalue weighted by Gasteiger charge is 2.24. The maximum absolute atomic E-state index is 14.5. The topological polar surface area (TPSA) is 119 Å². The van der Waals surface area contributed by atoms with Crippen LogP contribution in [0.3, 0.4) is 0 Å². The summed E-state index contributed by atoms with van der Waals surface area (Å²) in [5, 5.41) is 5.72. The molecule has 2 aromatic heterocycles. The number of hydrogen-bond donors (Lipinski definition) is 4. The lowest BCUT2D eigenvalue weighted by atomic mass is 9.91. The SMILES string of the molecule is Cc1cc(Nc2nc(N[C@@H]3CCCCC3N)c(F)cc2C(N)=O)c(F)cn1. The first-order valence-corrected chi connectivity index (χ1v) is 8.76. The zero-order chi connectivity index (χ0) is 19.6. The molecule has 2 atom stereocenters. The van der Waals surface area contributed by atoms with Crippen molar-refractivity contribution in [2.24, 2.45) is 11.5 Å². The fraction of sp³-hybridized carbons (Fsp3) is 0.389. The molecule has 0 radical (unpaired) electrons. The molecule has 6 N–H and O–H groups in total. The van der Waals surface area contributed by atoms with Crippen molar-refractivity contribution >= 4 is 23.2 Å². The Hall–Kier alpha value is -2.81. The standard InChI is InChI=1S/C18H22F2N6O/c1-9-6-15(12(20)8-23-9)25-17-10(16(22)27)7-11(19)18(26-17)24-14-5-3-2-4-13(14)21/h6-8,13-14H,2-5,21H2,1H3,(H2,22,27)(H2,23,24,25,26)/t13?,14-/m1/s1. The molecule has 7 nitrogen and oxygen atoms in total. The molecule has 3 rings (SSSR count). The molecule has 1 fully saturated rings. The third kappa shape index (κ3) is 4.30. The normalized spacial score (nSPS) is 19.6. The summed E-state index contributed by atoms with van der Waals surface area (Å²) in [6.07, 6.45) is 4.69. The Bertz CT molecular complexity index is 860. The van der Waals surface area contributed by atoms with Crippen LogP contribution in [0.5, 0.6) is 0 Å². The van der Waals surface area contributed by atoms with E-state index in [1.54, 1.807) is 6.92 Å². The minimum absolute atomic E-state index is 0.0414. The largest absolute Gasteiger partial charge is 0.365 e. The number of rotatable bonds is 5. The lowest BCUT2D eigenvalue weighted by Crippen LogP contribution is -2.43. The van der Waals surface area contributed by atoms with Gasteiger partial charge in [-0.1, -0.05) is 12.8 Å². The second-order valence-corrected chi connectivity index (χ2v) is 6.71. The summed E-state index contributed by atoms with van der Waals surface area (Å²) in [7, 11) is 0. The molecule has 2 aromatic rings. The summed E-state index contributed by atoms with van der Waals surface area (Å²) >= 11 is 0. The Labute approximate surface area is 155 Å². The van der Waals surface area contributed by atoms with Gasteiger partial charge < -0.3 is 22.1 Å². The van der Waals surface area contributed by atoms with Crippen LogP contribution in [0.15, 0.2) is 18.3 Å². The van der Waals surface area contributed by atoms with E-state index in [1.807, 2.05) is 0 Å². The Morgan fingerprint density at radius 1 is 1.19 bits per heavy atom. The van der Waals surface area contributed by atoms with Crippen LogP contribution in [0.2, 0.25) is 0 Å². The quantitative estimate of drug-likeness (QED) is 0.637. The van der Waals surface area contributed by atoms with Crippen LogP contribution in [-0.4, -0.2) is 28.0 Å². The fourth-order valence-corrected chi connectivity index (χ4v) is 3.15. The summed E-state index contributed by atoms with van der Waals surface area (Å²) in [5.74, 6) is -2.34. The zero-order valence-electron chi connectivity index (χ0n) is 14.9. The van der Waals surface area contributed by atoms with Gasteiger partial charge >= 0.3 is 0 Å². The number of aromatic nitrogens is 2. The van der Waals surface area contributed by atoms with E-state index in [4.69, 9.17) is 11.5 Å². The van der Waals surface area contributed by atoms with Crippen LogP contribution >= 0.6 is 0 Å². The number of carbonyl (C=O) groups is 1. The van der Waals surface area contributed by atoms with E-state index in [2.05, 4.69) is 20.6 Å². The van der Waals surface area contributed by atoms with Crippen molar-refractivity contribution < 1.29 is 13.6 Å². The number of nitrogens with one attached hydrogen (secondary N) is 2. The van der Waals surface area contributed by atoms with Crippen molar-refractivity contribution in [3.63, 3.8) is 0 Å². The number of halogens is 2. The number of anilines is 3. The predicted octanol–water partition coefficient (Wildman–Crippen LogP) is 2.59. The molecule has 1 aliphatic rings. The minimum Gasteiger partial charge on any atom is -0.365 e. The first-order chi connectivity index (χ1) is 12.8. The maximum Gasteiger partial charge on any atom is 0.252 e. The van der Waals surface area contributed by atoms with Gasteiger partial charge in [0, 0.05) is 17.8 Å². The lowest BCUT2D eigenvalue weighted by molar-refractivity contribution is 0.100. The highest BCUT2D eigenvalue weighted by Crippen LogP contribution is 2.27. The van der Waals surface area contributed by atoms with E-state index < -0.39 is 17.5 Å². The van der Waals surface area contributed by atoms with Gasteiger partial charge in [0.2, 0.25) is 0 Å². The van der Waals surface area contributed by atoms with Gasteiger partial charge in [0.25, 0.3) is 5.91 Å². The zero-order valence-corrected chi connectivity index (χ0v) is 14.9. The van der Waals surface area contributed by atoms with Crippen molar-refractivity contribution in [2.75, 3.05) is 10.6 Å². The van der Waals surface area contributed by atoms with Gasteiger partial charge in [-0.2, -0.15) is 0 Å². The predicted molar refractivity (Wildman–Crippen MR) is 98.8 cm³/mol. The average molecular weight is 376 g/mol. The number of nitrogens with zero attached hydrogens (tertiary/aromatic N) is 2. The molecule has 0 aliphatic heterocycles. The van der Waals surface area contributed by atoms with Gasteiger partial charge in [-0.15, -0.1) is 0 Å². The number of primary amides is 1. The molecule has 0 bridgehead atoms. The highest BCUT2D eigenvalue weighted by atomic mass is 19.1. The van der Waals surface area contributed by atoms with Gasteiger partial charge in [0.05, 0.1) is 17.4 Å². The smallest absolute Gasteiger partial charge is 0.252 e. The molecule has 1 aliphatic carbocycles. The Balaban J connectivity index is 1.95. The van der Waals surface area contributed by atoms with E-state index in [0.717, 1.165) is 37.9 Å². The van der Waals surface area contributed by atoms with Crippen LogP contribution in [0.4, 0.5) is 26.1 Å². The number of pyridine rings is 2. The molecule has 0 saturated heterocycles. The van der Waals surface area contributed by atoms with Gasteiger partial charge in [-0.3, -0.25) is 9.78 Å². The second-order valence-electron chi connectivity index (χ2n) is 6.71. The van der Waals surface area contributed by atoms with Crippen molar-refractivity contribution in [3.05, 3.63) is 41.2 Å². The van der Waals surface area contributed by atoms with E-state index in [0.29, 0.717) is 5.69 Å². The molecule has 27 heavy (non-hydrogen) atoms. The molecule has 144 valence electrons. The molecule has 9 heteroatoms. The lowest BCUT2D eigenvalue weighted by Gasteiger charge is -2.30. The van der Waals surface area contributed by atoms with Crippen LogP contribution < -0.4 is 22.1 Å². The summed E-state index contributed by atoms with van der Waals surface area (Å²) < 4.78 is 28.5. The number of aryl methyl sites for hydroxylation is 1. The third-order valence-electron chi connectivity index (χ3n) is 4.63. The van der Waals surface area contributed by atoms with E-state index in [9.17, 15) is 13.6 Å². The van der Waals surface area contributed by atoms with E-state index in [1.165, 1.54) is 6.07 Å². The molecular weight excluding hydrogens is 354 g/mol. The molecule has 1 unspecified atom stereocenters. The van der Waals surface area contributed by atoms with Crippen LogP contribution in [0.25, 0.3) is 0 Å². The first kappa shape index (κ1) is 19.0. The van der Waals surface area contributed by atoms with E-state index >= 15 is 0 Å². The van der Waals surface area contributed by atoms with Crippen LogP contribution in [0, 0.1) is 18.6 Å². The Morgan fingerprint density at radius 3 is 2.63 bits per heavy atom. The number of amides is 1. The molecule has 0 aromatic carbocycles. The van der Waals surface area contributed by atoms with Crippen LogP contribution in [-0.2, 0) is 0 Å². The first-order valence-electron chi connectivity index (χ1n) is 8.76. The van der Waals surface area contributed by atoms with E-state index in [-0.39, 0.29) is 35.0 Å². The average Bonchev–Trinajstić information content (AvgIpc) is 2.62. The Morgan fingerprint density at radius 2 is 1.93 bits per heavy atom. The number of nitrogens with two attached hydrogens (primary N) is 2. The molecule has 1 saturated carbocycles. The molecule has 2 heterocycles. The van der Waals surface area contributed by atoms with Gasteiger partial charge in [-0.25, -0.2) is 13.8 Å². The number of hydrogen-bond acceptors (Lipinski definition) is 6. The van der Waals surface area contributed by atoms with Gasteiger partial charge in [-0.05, 0) is 31.9 Å². The Kier molecular flexibility index (Phi) is 5.50. The summed E-state index contributed by atoms with van der Waals surface area (Å²) in [5.41, 5.74) is 11.9. The van der Waals surface area contributed by atoms with Crippen molar-refractivity contribution in [1.82, 2.24) is 9.97 Å². The summed E-state index contributed by atoms with van der Waals surface area (Å²) in [4.78, 5) is 19.7. The van der Waals surface area contributed by atoms with Crippen molar-refractivity contribution in [1.29, 1.82) is 0 Å². The van der Waals surface area contributed by atoms with Crippen molar-refractivity contribution in [3.8, 4) is 0 Å². The van der Waals surface area contributed by atoms with Gasteiger partial charge in [0.1, 0.15) is 5.82 Å². The molecule has 1 amide bonds.